The number of hydrogen-bond acceptors (Lipinski definition) is 4. The minimum atomic E-state index is -0.881. The Bertz CT molecular complexity index is 1130. The second-order valence-corrected chi connectivity index (χ2v) is 6.94. The molecule has 0 spiro atoms. The van der Waals surface area contributed by atoms with Crippen LogP contribution in [-0.2, 0) is 16.2 Å². The van der Waals surface area contributed by atoms with Crippen LogP contribution < -0.4 is 15.5 Å². The molecule has 7 heteroatoms. The maximum Gasteiger partial charge on any atom is 0.329 e. The number of halogens is 1. The van der Waals surface area contributed by atoms with Gasteiger partial charge in [0.1, 0.15) is 18.2 Å². The van der Waals surface area contributed by atoms with Crippen LogP contribution in [0.4, 0.5) is 10.1 Å². The van der Waals surface area contributed by atoms with Crippen molar-refractivity contribution in [2.24, 2.45) is 5.10 Å². The molecule has 2 N–H and O–H groups in total. The van der Waals surface area contributed by atoms with E-state index in [0.29, 0.717) is 22.6 Å². The summed E-state index contributed by atoms with van der Waals surface area (Å²) in [5.74, 6) is -1.45. The first-order chi connectivity index (χ1) is 14.9. The molecule has 0 saturated heterocycles. The first-order valence-electron chi connectivity index (χ1n) is 9.59. The van der Waals surface area contributed by atoms with E-state index in [0.717, 1.165) is 11.1 Å². The molecule has 0 atom stereocenters. The molecule has 3 aromatic rings. The zero-order valence-electron chi connectivity index (χ0n) is 17.2. The van der Waals surface area contributed by atoms with Crippen molar-refractivity contribution in [3.8, 4) is 5.75 Å². The maximum atomic E-state index is 13.2. The summed E-state index contributed by atoms with van der Waals surface area (Å²) in [6, 6.07) is 18.5. The van der Waals surface area contributed by atoms with Crippen LogP contribution in [0.5, 0.6) is 5.75 Å². The van der Waals surface area contributed by atoms with Gasteiger partial charge >= 0.3 is 11.8 Å². The molecule has 0 unspecified atom stereocenters. The third-order valence-corrected chi connectivity index (χ3v) is 4.50. The molecule has 3 aromatic carbocycles. The highest BCUT2D eigenvalue weighted by molar-refractivity contribution is 6.39. The topological polar surface area (TPSA) is 79.8 Å². The van der Waals surface area contributed by atoms with Gasteiger partial charge in [0.05, 0.1) is 6.21 Å². The Morgan fingerprint density at radius 1 is 0.968 bits per heavy atom. The first-order valence-corrected chi connectivity index (χ1v) is 9.59. The Morgan fingerprint density at radius 2 is 1.77 bits per heavy atom. The van der Waals surface area contributed by atoms with Crippen molar-refractivity contribution >= 4 is 23.7 Å². The number of anilines is 1. The number of carbonyl (C=O) groups excluding carboxylic acids is 2. The van der Waals surface area contributed by atoms with Crippen LogP contribution in [0.2, 0.25) is 0 Å². The van der Waals surface area contributed by atoms with Gasteiger partial charge < -0.3 is 10.1 Å². The summed E-state index contributed by atoms with van der Waals surface area (Å²) in [5.41, 5.74) is 6.20. The number of benzene rings is 3. The van der Waals surface area contributed by atoms with Crippen LogP contribution in [0.25, 0.3) is 0 Å². The fourth-order valence-corrected chi connectivity index (χ4v) is 2.70. The molecule has 0 aliphatic rings. The Labute approximate surface area is 179 Å². The van der Waals surface area contributed by atoms with Crippen molar-refractivity contribution in [3.63, 3.8) is 0 Å². The largest absolute Gasteiger partial charge is 0.489 e. The lowest BCUT2D eigenvalue weighted by atomic mass is 10.1. The lowest BCUT2D eigenvalue weighted by Gasteiger charge is -2.07. The molecule has 0 radical (unpaired) electrons. The van der Waals surface area contributed by atoms with Crippen molar-refractivity contribution < 1.29 is 18.7 Å². The zero-order valence-corrected chi connectivity index (χ0v) is 17.2. The van der Waals surface area contributed by atoms with Gasteiger partial charge in [0, 0.05) is 5.69 Å². The molecule has 0 heterocycles. The van der Waals surface area contributed by atoms with Crippen LogP contribution in [0.1, 0.15) is 22.3 Å². The first kappa shape index (κ1) is 21.7. The van der Waals surface area contributed by atoms with E-state index in [4.69, 9.17) is 4.74 Å². The average Bonchev–Trinajstić information content (AvgIpc) is 2.75. The molecular weight excluding hydrogens is 397 g/mol. The lowest BCUT2D eigenvalue weighted by molar-refractivity contribution is -0.136. The molecule has 3 rings (SSSR count). The number of aryl methyl sites for hydroxylation is 2. The van der Waals surface area contributed by atoms with Crippen molar-refractivity contribution in [3.05, 3.63) is 94.8 Å². The minimum absolute atomic E-state index is 0.216. The SMILES string of the molecule is Cc1ccc(NC(=O)C(=O)N/N=C\c2cccc(OCc3cccc(F)c3)c2)cc1C. The van der Waals surface area contributed by atoms with Crippen molar-refractivity contribution in [1.82, 2.24) is 5.43 Å². The highest BCUT2D eigenvalue weighted by Gasteiger charge is 2.13. The summed E-state index contributed by atoms with van der Waals surface area (Å²) < 4.78 is 18.9. The maximum absolute atomic E-state index is 13.2. The van der Waals surface area contributed by atoms with Gasteiger partial charge in [-0.3, -0.25) is 9.59 Å². The number of amides is 2. The van der Waals surface area contributed by atoms with Crippen LogP contribution >= 0.6 is 0 Å². The standard InChI is InChI=1S/C24H22FN3O3/c1-16-9-10-21(11-17(16)2)27-23(29)24(30)28-26-14-18-5-4-8-22(13-18)31-15-19-6-3-7-20(25)12-19/h3-14H,15H2,1-2H3,(H,27,29)(H,28,30)/b26-14-. The summed E-state index contributed by atoms with van der Waals surface area (Å²) in [6.45, 7) is 4.10. The number of rotatable bonds is 6. The summed E-state index contributed by atoms with van der Waals surface area (Å²) >= 11 is 0. The predicted molar refractivity (Wildman–Crippen MR) is 117 cm³/mol. The van der Waals surface area contributed by atoms with E-state index in [2.05, 4.69) is 15.8 Å². The summed E-state index contributed by atoms with van der Waals surface area (Å²) in [4.78, 5) is 24.0. The van der Waals surface area contributed by atoms with Gasteiger partial charge in [0.2, 0.25) is 0 Å². The second-order valence-electron chi connectivity index (χ2n) is 6.94. The Balaban J connectivity index is 1.52. The van der Waals surface area contributed by atoms with Crippen LogP contribution in [0.3, 0.4) is 0 Å². The van der Waals surface area contributed by atoms with E-state index in [1.165, 1.54) is 18.3 Å². The molecule has 6 nitrogen and oxygen atoms in total. The second kappa shape index (κ2) is 10.2. The molecule has 0 aromatic heterocycles. The van der Waals surface area contributed by atoms with Crippen molar-refractivity contribution in [1.29, 1.82) is 0 Å². The van der Waals surface area contributed by atoms with E-state index in [1.54, 1.807) is 48.5 Å². The van der Waals surface area contributed by atoms with Gasteiger partial charge in [-0.2, -0.15) is 5.10 Å². The molecule has 0 aliphatic heterocycles. The molecule has 158 valence electrons. The average molecular weight is 419 g/mol. The molecule has 0 saturated carbocycles. The van der Waals surface area contributed by atoms with Crippen LogP contribution in [0.15, 0.2) is 71.8 Å². The number of ether oxygens (including phenoxy) is 1. The highest BCUT2D eigenvalue weighted by atomic mass is 19.1. The van der Waals surface area contributed by atoms with Gasteiger partial charge in [0.15, 0.2) is 0 Å². The van der Waals surface area contributed by atoms with Gasteiger partial charge in [-0.05, 0) is 72.5 Å². The van der Waals surface area contributed by atoms with E-state index in [-0.39, 0.29) is 12.4 Å². The predicted octanol–water partition coefficient (Wildman–Crippen LogP) is 4.11. The highest BCUT2D eigenvalue weighted by Crippen LogP contribution is 2.15. The zero-order chi connectivity index (χ0) is 22.2. The van der Waals surface area contributed by atoms with E-state index < -0.39 is 11.8 Å². The monoisotopic (exact) mass is 419 g/mol. The Kier molecular flexibility index (Phi) is 7.11. The molecule has 0 fully saturated rings. The smallest absolute Gasteiger partial charge is 0.329 e. The summed E-state index contributed by atoms with van der Waals surface area (Å²) in [5, 5.41) is 6.35. The van der Waals surface area contributed by atoms with Crippen molar-refractivity contribution in [2.75, 3.05) is 5.32 Å². The molecule has 0 bridgehead atoms. The van der Waals surface area contributed by atoms with Gasteiger partial charge in [-0.25, -0.2) is 9.82 Å². The number of hydrazone groups is 1. The third-order valence-electron chi connectivity index (χ3n) is 4.50. The number of carbonyl (C=O) groups is 2. The normalized spacial score (nSPS) is 10.7. The van der Waals surface area contributed by atoms with Crippen LogP contribution in [0, 0.1) is 19.7 Å². The minimum Gasteiger partial charge on any atom is -0.489 e. The van der Waals surface area contributed by atoms with Crippen molar-refractivity contribution in [2.45, 2.75) is 20.5 Å². The quantitative estimate of drug-likeness (QED) is 0.359. The lowest BCUT2D eigenvalue weighted by Crippen LogP contribution is -2.32. The Hall–Kier alpha value is -4.00. The van der Waals surface area contributed by atoms with Gasteiger partial charge in [0.25, 0.3) is 0 Å². The number of nitrogens with zero attached hydrogens (tertiary/aromatic N) is 1. The fourth-order valence-electron chi connectivity index (χ4n) is 2.70. The summed E-state index contributed by atoms with van der Waals surface area (Å²) in [6.07, 6.45) is 1.40. The van der Waals surface area contributed by atoms with Gasteiger partial charge in [-0.15, -0.1) is 0 Å². The molecule has 0 aliphatic carbocycles. The third kappa shape index (κ3) is 6.50. The molecule has 2 amide bonds. The fraction of sp³-hybridized carbons (Fsp3) is 0.125. The summed E-state index contributed by atoms with van der Waals surface area (Å²) in [7, 11) is 0. The number of nitrogens with one attached hydrogen (secondary N) is 2. The van der Waals surface area contributed by atoms with E-state index >= 15 is 0 Å². The van der Waals surface area contributed by atoms with E-state index in [9.17, 15) is 14.0 Å². The molecule has 31 heavy (non-hydrogen) atoms. The van der Waals surface area contributed by atoms with E-state index in [1.807, 2.05) is 19.9 Å². The number of hydrogen-bond donors (Lipinski definition) is 2. The Morgan fingerprint density at radius 3 is 2.55 bits per heavy atom. The van der Waals surface area contributed by atoms with Crippen LogP contribution in [-0.4, -0.2) is 18.0 Å². The van der Waals surface area contributed by atoms with Gasteiger partial charge in [-0.1, -0.05) is 30.3 Å². The molecular formula is C24H22FN3O3.